The molecular weight excluding hydrogens is 382 g/mol. The van der Waals surface area contributed by atoms with Crippen LogP contribution in [0.4, 0.5) is 8.78 Å². The SMILES string of the molecule is CCCCCC1CCC(C2CCC(C(O)C(O)c3ccc(C)c(F)c3F)CC2)CC1. The molecule has 2 fully saturated rings. The van der Waals surface area contributed by atoms with Gasteiger partial charge in [0.1, 0.15) is 6.10 Å². The molecule has 3 rings (SSSR count). The summed E-state index contributed by atoms with van der Waals surface area (Å²) in [7, 11) is 0. The zero-order chi connectivity index (χ0) is 21.7. The highest BCUT2D eigenvalue weighted by Gasteiger charge is 2.36. The number of hydrogen-bond acceptors (Lipinski definition) is 2. The largest absolute Gasteiger partial charge is 0.390 e. The number of rotatable bonds is 8. The maximum Gasteiger partial charge on any atom is 0.164 e. The second-order valence-corrected chi connectivity index (χ2v) is 9.99. The lowest BCUT2D eigenvalue weighted by atomic mass is 9.67. The van der Waals surface area contributed by atoms with Crippen molar-refractivity contribution in [1.29, 1.82) is 0 Å². The summed E-state index contributed by atoms with van der Waals surface area (Å²) < 4.78 is 28.1. The minimum Gasteiger partial charge on any atom is -0.390 e. The second kappa shape index (κ2) is 11.0. The van der Waals surface area contributed by atoms with Gasteiger partial charge in [-0.2, -0.15) is 0 Å². The molecule has 2 atom stereocenters. The number of aliphatic hydroxyl groups excluding tert-OH is 2. The van der Waals surface area contributed by atoms with Crippen LogP contribution < -0.4 is 0 Å². The topological polar surface area (TPSA) is 40.5 Å². The predicted molar refractivity (Wildman–Crippen MR) is 117 cm³/mol. The predicted octanol–water partition coefficient (Wildman–Crippen LogP) is 6.86. The first-order chi connectivity index (χ1) is 14.4. The van der Waals surface area contributed by atoms with Crippen LogP contribution in [0.15, 0.2) is 12.1 Å². The molecule has 2 unspecified atom stereocenters. The van der Waals surface area contributed by atoms with Crippen molar-refractivity contribution >= 4 is 0 Å². The third kappa shape index (κ3) is 5.62. The number of halogens is 2. The minimum absolute atomic E-state index is 0.0506. The molecule has 2 nitrogen and oxygen atoms in total. The van der Waals surface area contributed by atoms with Gasteiger partial charge >= 0.3 is 0 Å². The van der Waals surface area contributed by atoms with Crippen LogP contribution in [0.5, 0.6) is 0 Å². The van der Waals surface area contributed by atoms with Crippen LogP contribution in [0.1, 0.15) is 101 Å². The highest BCUT2D eigenvalue weighted by Crippen LogP contribution is 2.44. The van der Waals surface area contributed by atoms with Gasteiger partial charge in [0, 0.05) is 5.56 Å². The fourth-order valence-corrected chi connectivity index (χ4v) is 5.92. The summed E-state index contributed by atoms with van der Waals surface area (Å²) in [5, 5.41) is 21.2. The fourth-order valence-electron chi connectivity index (χ4n) is 5.92. The van der Waals surface area contributed by atoms with Crippen molar-refractivity contribution in [3.8, 4) is 0 Å². The summed E-state index contributed by atoms with van der Waals surface area (Å²) in [4.78, 5) is 0. The molecular formula is C26H40F2O2. The van der Waals surface area contributed by atoms with Crippen molar-refractivity contribution in [2.45, 2.75) is 103 Å². The van der Waals surface area contributed by atoms with Gasteiger partial charge in [-0.25, -0.2) is 8.78 Å². The molecule has 0 aromatic heterocycles. The van der Waals surface area contributed by atoms with Gasteiger partial charge < -0.3 is 10.2 Å². The van der Waals surface area contributed by atoms with E-state index in [4.69, 9.17) is 0 Å². The Kier molecular flexibility index (Phi) is 8.71. The summed E-state index contributed by atoms with van der Waals surface area (Å²) in [5.41, 5.74) is 0.0765. The van der Waals surface area contributed by atoms with Gasteiger partial charge in [0.25, 0.3) is 0 Å². The highest BCUT2D eigenvalue weighted by molar-refractivity contribution is 5.27. The summed E-state index contributed by atoms with van der Waals surface area (Å²) in [6, 6.07) is 2.85. The van der Waals surface area contributed by atoms with Gasteiger partial charge in [-0.3, -0.25) is 0 Å². The molecule has 2 N–H and O–H groups in total. The number of aliphatic hydroxyl groups is 2. The molecule has 0 spiro atoms. The summed E-state index contributed by atoms with van der Waals surface area (Å²) in [6.45, 7) is 3.75. The quantitative estimate of drug-likeness (QED) is 0.449. The molecule has 30 heavy (non-hydrogen) atoms. The molecule has 2 aliphatic rings. The normalized spacial score (nSPS) is 29.5. The lowest BCUT2D eigenvalue weighted by molar-refractivity contribution is -0.0377. The van der Waals surface area contributed by atoms with E-state index in [0.29, 0.717) is 0 Å². The second-order valence-electron chi connectivity index (χ2n) is 9.99. The van der Waals surface area contributed by atoms with E-state index in [0.717, 1.165) is 43.4 Å². The van der Waals surface area contributed by atoms with Crippen molar-refractivity contribution in [1.82, 2.24) is 0 Å². The Labute approximate surface area is 181 Å². The number of benzene rings is 1. The average Bonchev–Trinajstić information content (AvgIpc) is 2.77. The van der Waals surface area contributed by atoms with Gasteiger partial charge in [-0.15, -0.1) is 0 Å². The molecule has 4 heteroatoms. The van der Waals surface area contributed by atoms with Crippen LogP contribution >= 0.6 is 0 Å². The Morgan fingerprint density at radius 1 is 0.867 bits per heavy atom. The van der Waals surface area contributed by atoms with E-state index < -0.39 is 23.8 Å². The lowest BCUT2D eigenvalue weighted by Gasteiger charge is -2.39. The van der Waals surface area contributed by atoms with E-state index >= 15 is 0 Å². The average molecular weight is 423 g/mol. The monoisotopic (exact) mass is 422 g/mol. The first kappa shape index (κ1) is 23.7. The van der Waals surface area contributed by atoms with E-state index in [-0.39, 0.29) is 17.0 Å². The first-order valence-corrected chi connectivity index (χ1v) is 12.2. The van der Waals surface area contributed by atoms with Gasteiger partial charge in [-0.1, -0.05) is 57.6 Å². The maximum absolute atomic E-state index is 14.2. The van der Waals surface area contributed by atoms with E-state index in [1.54, 1.807) is 0 Å². The van der Waals surface area contributed by atoms with Gasteiger partial charge in [-0.05, 0) is 74.7 Å². The van der Waals surface area contributed by atoms with Gasteiger partial charge in [0.05, 0.1) is 6.10 Å². The van der Waals surface area contributed by atoms with Crippen LogP contribution in [0.3, 0.4) is 0 Å². The minimum atomic E-state index is -1.37. The van der Waals surface area contributed by atoms with Crippen LogP contribution in [0.25, 0.3) is 0 Å². The lowest BCUT2D eigenvalue weighted by Crippen LogP contribution is -2.33. The standard InChI is InChI=1S/C26H40F2O2/c1-3-4-5-6-18-8-10-19(11-9-18)20-12-14-21(15-13-20)25(29)26(30)22-16-7-17(2)23(27)24(22)28/h7,16,18-21,25-26,29-30H,3-6,8-15H2,1-2H3. The summed E-state index contributed by atoms with van der Waals surface area (Å²) >= 11 is 0. The zero-order valence-corrected chi connectivity index (χ0v) is 18.8. The molecule has 0 amide bonds. The molecule has 0 radical (unpaired) electrons. The first-order valence-electron chi connectivity index (χ1n) is 12.2. The molecule has 170 valence electrons. The van der Waals surface area contributed by atoms with E-state index in [1.807, 2.05) is 0 Å². The Morgan fingerprint density at radius 3 is 2.07 bits per heavy atom. The van der Waals surface area contributed by atoms with Crippen molar-refractivity contribution in [3.05, 3.63) is 34.9 Å². The highest BCUT2D eigenvalue weighted by atomic mass is 19.2. The fraction of sp³-hybridized carbons (Fsp3) is 0.769. The Bertz CT molecular complexity index is 661. The van der Waals surface area contributed by atoms with Crippen molar-refractivity contribution < 1.29 is 19.0 Å². The number of aryl methyl sites for hydroxylation is 1. The molecule has 1 aromatic carbocycles. The maximum atomic E-state index is 14.2. The Morgan fingerprint density at radius 2 is 1.47 bits per heavy atom. The van der Waals surface area contributed by atoms with E-state index in [1.165, 1.54) is 70.4 Å². The smallest absolute Gasteiger partial charge is 0.164 e. The number of hydrogen-bond donors (Lipinski definition) is 2. The molecule has 2 aliphatic carbocycles. The Hall–Kier alpha value is -1.00. The van der Waals surface area contributed by atoms with Crippen molar-refractivity contribution in [2.75, 3.05) is 0 Å². The van der Waals surface area contributed by atoms with Gasteiger partial charge in [0.15, 0.2) is 11.6 Å². The molecule has 0 aliphatic heterocycles. The third-order valence-electron chi connectivity index (χ3n) is 8.02. The van der Waals surface area contributed by atoms with Gasteiger partial charge in [0.2, 0.25) is 0 Å². The van der Waals surface area contributed by atoms with Crippen molar-refractivity contribution in [3.63, 3.8) is 0 Å². The summed E-state index contributed by atoms with van der Waals surface area (Å²) in [6.07, 6.45) is 12.3. The van der Waals surface area contributed by atoms with Crippen LogP contribution in [0.2, 0.25) is 0 Å². The van der Waals surface area contributed by atoms with Crippen LogP contribution in [-0.2, 0) is 0 Å². The van der Waals surface area contributed by atoms with Crippen LogP contribution in [0, 0.1) is 42.2 Å². The Balaban J connectivity index is 1.47. The van der Waals surface area contributed by atoms with Crippen LogP contribution in [-0.4, -0.2) is 16.3 Å². The number of unbranched alkanes of at least 4 members (excludes halogenated alkanes) is 2. The molecule has 1 aromatic rings. The molecule has 2 saturated carbocycles. The third-order valence-corrected chi connectivity index (χ3v) is 8.02. The molecule has 0 bridgehead atoms. The molecule has 0 saturated heterocycles. The zero-order valence-electron chi connectivity index (χ0n) is 18.8. The molecule has 0 heterocycles. The van der Waals surface area contributed by atoms with E-state index in [9.17, 15) is 19.0 Å². The van der Waals surface area contributed by atoms with E-state index in [2.05, 4.69) is 6.92 Å². The summed E-state index contributed by atoms with van der Waals surface area (Å²) in [5.74, 6) is 0.421. The van der Waals surface area contributed by atoms with Crippen molar-refractivity contribution in [2.24, 2.45) is 23.7 Å².